The fourth-order valence-corrected chi connectivity index (χ4v) is 3.26. The van der Waals surface area contributed by atoms with Crippen LogP contribution in [0.4, 0.5) is 5.69 Å². The largest absolute Gasteiger partial charge is 0.396 e. The molecule has 0 atom stereocenters. The van der Waals surface area contributed by atoms with E-state index in [-0.39, 0.29) is 12.0 Å². The van der Waals surface area contributed by atoms with Crippen LogP contribution in [0.5, 0.6) is 0 Å². The minimum absolute atomic E-state index is 0.131. The summed E-state index contributed by atoms with van der Waals surface area (Å²) in [5.41, 5.74) is 9.68. The van der Waals surface area contributed by atoms with Crippen molar-refractivity contribution in [1.29, 1.82) is 0 Å². The molecule has 0 unspecified atom stereocenters. The van der Waals surface area contributed by atoms with E-state index in [1.165, 1.54) is 24.0 Å². The molecular formula is C17H25N3O2. The number of hydrogen-bond donors (Lipinski definition) is 3. The SMILES string of the molecule is NC(=NCC1(CO)CCOCC1)Nc1ccc2c(c1)CCC2. The van der Waals surface area contributed by atoms with Gasteiger partial charge in [0.2, 0.25) is 0 Å². The van der Waals surface area contributed by atoms with E-state index in [1.54, 1.807) is 0 Å². The monoisotopic (exact) mass is 303 g/mol. The first-order valence-corrected chi connectivity index (χ1v) is 8.08. The Morgan fingerprint density at radius 1 is 1.27 bits per heavy atom. The predicted molar refractivity (Wildman–Crippen MR) is 88.2 cm³/mol. The second-order valence-electron chi connectivity index (χ2n) is 6.43. The smallest absolute Gasteiger partial charge is 0.193 e. The fraction of sp³-hybridized carbons (Fsp3) is 0.588. The number of benzene rings is 1. The number of aliphatic hydroxyl groups is 1. The Bertz CT molecular complexity index is 551. The number of nitrogens with two attached hydrogens (primary N) is 1. The zero-order valence-electron chi connectivity index (χ0n) is 13.0. The van der Waals surface area contributed by atoms with Crippen LogP contribution in [0.1, 0.15) is 30.4 Å². The summed E-state index contributed by atoms with van der Waals surface area (Å²) >= 11 is 0. The van der Waals surface area contributed by atoms with E-state index in [0.29, 0.717) is 25.7 Å². The van der Waals surface area contributed by atoms with Crippen molar-refractivity contribution in [2.24, 2.45) is 16.1 Å². The summed E-state index contributed by atoms with van der Waals surface area (Å²) in [4.78, 5) is 4.45. The summed E-state index contributed by atoms with van der Waals surface area (Å²) in [5, 5.41) is 12.8. The zero-order valence-corrected chi connectivity index (χ0v) is 13.0. The van der Waals surface area contributed by atoms with Crippen LogP contribution in [-0.4, -0.2) is 37.4 Å². The number of aliphatic imine (C=N–C) groups is 1. The molecule has 0 radical (unpaired) electrons. The van der Waals surface area contributed by atoms with Gasteiger partial charge in [-0.25, -0.2) is 0 Å². The minimum atomic E-state index is -0.178. The summed E-state index contributed by atoms with van der Waals surface area (Å²) in [6, 6.07) is 6.40. The highest BCUT2D eigenvalue weighted by atomic mass is 16.5. The van der Waals surface area contributed by atoms with Gasteiger partial charge in [-0.15, -0.1) is 0 Å². The summed E-state index contributed by atoms with van der Waals surface area (Å²) in [7, 11) is 0. The van der Waals surface area contributed by atoms with Crippen LogP contribution in [0.25, 0.3) is 0 Å². The fourth-order valence-electron chi connectivity index (χ4n) is 3.26. The molecule has 3 rings (SSSR count). The predicted octanol–water partition coefficient (Wildman–Crippen LogP) is 1.69. The number of rotatable bonds is 4. The first-order valence-electron chi connectivity index (χ1n) is 8.08. The molecule has 1 aromatic carbocycles. The molecule has 0 amide bonds. The van der Waals surface area contributed by atoms with Crippen molar-refractivity contribution in [3.63, 3.8) is 0 Å². The average Bonchev–Trinajstić information content (AvgIpc) is 3.01. The van der Waals surface area contributed by atoms with Gasteiger partial charge in [-0.3, -0.25) is 4.99 Å². The number of guanidine groups is 1. The molecular weight excluding hydrogens is 278 g/mol. The topological polar surface area (TPSA) is 79.9 Å². The van der Waals surface area contributed by atoms with Gasteiger partial charge in [0.15, 0.2) is 5.96 Å². The van der Waals surface area contributed by atoms with Gasteiger partial charge < -0.3 is 20.9 Å². The number of anilines is 1. The maximum absolute atomic E-state index is 9.66. The van der Waals surface area contributed by atoms with E-state index in [1.807, 2.05) is 0 Å². The van der Waals surface area contributed by atoms with Crippen molar-refractivity contribution in [2.45, 2.75) is 32.1 Å². The van der Waals surface area contributed by atoms with Crippen LogP contribution in [-0.2, 0) is 17.6 Å². The molecule has 5 heteroatoms. The Balaban J connectivity index is 1.62. The molecule has 1 fully saturated rings. The lowest BCUT2D eigenvalue weighted by molar-refractivity contribution is -0.0105. The van der Waals surface area contributed by atoms with E-state index in [4.69, 9.17) is 10.5 Å². The molecule has 1 aliphatic heterocycles. The first-order chi connectivity index (χ1) is 10.7. The van der Waals surface area contributed by atoms with E-state index < -0.39 is 0 Å². The number of fused-ring (bicyclic) bond motifs is 1. The van der Waals surface area contributed by atoms with E-state index in [2.05, 4.69) is 28.5 Å². The van der Waals surface area contributed by atoms with Gasteiger partial charge in [-0.2, -0.15) is 0 Å². The highest BCUT2D eigenvalue weighted by Crippen LogP contribution is 2.30. The van der Waals surface area contributed by atoms with Crippen LogP contribution in [0, 0.1) is 5.41 Å². The van der Waals surface area contributed by atoms with Gasteiger partial charge in [0.05, 0.1) is 13.2 Å². The second-order valence-corrected chi connectivity index (χ2v) is 6.43. The summed E-state index contributed by atoms with van der Waals surface area (Å²) in [6.07, 6.45) is 5.23. The highest BCUT2D eigenvalue weighted by Gasteiger charge is 2.31. The van der Waals surface area contributed by atoms with Crippen molar-refractivity contribution in [3.8, 4) is 0 Å². The number of nitrogens with zero attached hydrogens (tertiary/aromatic N) is 1. The van der Waals surface area contributed by atoms with Gasteiger partial charge in [0.25, 0.3) is 0 Å². The molecule has 4 N–H and O–H groups in total. The average molecular weight is 303 g/mol. The van der Waals surface area contributed by atoms with E-state index >= 15 is 0 Å². The maximum atomic E-state index is 9.66. The van der Waals surface area contributed by atoms with Crippen molar-refractivity contribution in [3.05, 3.63) is 29.3 Å². The van der Waals surface area contributed by atoms with Gasteiger partial charge in [-0.1, -0.05) is 6.07 Å². The Hall–Kier alpha value is -1.59. The molecule has 5 nitrogen and oxygen atoms in total. The van der Waals surface area contributed by atoms with Crippen molar-refractivity contribution >= 4 is 11.6 Å². The van der Waals surface area contributed by atoms with Crippen LogP contribution < -0.4 is 11.1 Å². The van der Waals surface area contributed by atoms with Gasteiger partial charge in [-0.05, 0) is 55.4 Å². The molecule has 0 spiro atoms. The molecule has 1 heterocycles. The minimum Gasteiger partial charge on any atom is -0.396 e. The van der Waals surface area contributed by atoms with Crippen LogP contribution in [0.3, 0.4) is 0 Å². The van der Waals surface area contributed by atoms with E-state index in [9.17, 15) is 5.11 Å². The number of aryl methyl sites for hydroxylation is 2. The van der Waals surface area contributed by atoms with Crippen molar-refractivity contribution in [2.75, 3.05) is 31.7 Å². The molecule has 1 aromatic rings. The Morgan fingerprint density at radius 2 is 2.05 bits per heavy atom. The van der Waals surface area contributed by atoms with Gasteiger partial charge >= 0.3 is 0 Å². The van der Waals surface area contributed by atoms with Crippen molar-refractivity contribution in [1.82, 2.24) is 0 Å². The Labute approximate surface area is 131 Å². The molecule has 0 saturated carbocycles. The van der Waals surface area contributed by atoms with Gasteiger partial charge in [0, 0.05) is 24.3 Å². The first kappa shape index (κ1) is 15.3. The molecule has 120 valence electrons. The third kappa shape index (κ3) is 3.42. The highest BCUT2D eigenvalue weighted by molar-refractivity contribution is 5.92. The van der Waals surface area contributed by atoms with Crippen LogP contribution in [0.2, 0.25) is 0 Å². The third-order valence-electron chi connectivity index (χ3n) is 4.84. The molecule has 0 aromatic heterocycles. The molecule has 1 aliphatic carbocycles. The maximum Gasteiger partial charge on any atom is 0.193 e. The van der Waals surface area contributed by atoms with E-state index in [0.717, 1.165) is 24.9 Å². The summed E-state index contributed by atoms with van der Waals surface area (Å²) < 4.78 is 5.37. The number of aliphatic hydroxyl groups excluding tert-OH is 1. The normalized spacial score (nSPS) is 20.7. The quantitative estimate of drug-likeness (QED) is 0.584. The number of ether oxygens (including phenoxy) is 1. The lowest BCUT2D eigenvalue weighted by atomic mass is 9.81. The zero-order chi connectivity index (χ0) is 15.4. The molecule has 2 aliphatic rings. The Kier molecular flexibility index (Phi) is 4.64. The summed E-state index contributed by atoms with van der Waals surface area (Å²) in [5.74, 6) is 0.414. The van der Waals surface area contributed by atoms with Crippen LogP contribution in [0.15, 0.2) is 23.2 Å². The second kappa shape index (κ2) is 6.67. The summed E-state index contributed by atoms with van der Waals surface area (Å²) in [6.45, 7) is 2.05. The Morgan fingerprint density at radius 3 is 2.82 bits per heavy atom. The lowest BCUT2D eigenvalue weighted by Crippen LogP contribution is -2.37. The third-order valence-corrected chi connectivity index (χ3v) is 4.84. The van der Waals surface area contributed by atoms with Crippen LogP contribution >= 0.6 is 0 Å². The number of hydrogen-bond acceptors (Lipinski definition) is 3. The van der Waals surface area contributed by atoms with Crippen molar-refractivity contribution < 1.29 is 9.84 Å². The molecule has 0 bridgehead atoms. The number of nitrogens with one attached hydrogen (secondary N) is 1. The van der Waals surface area contributed by atoms with Gasteiger partial charge in [0.1, 0.15) is 0 Å². The lowest BCUT2D eigenvalue weighted by Gasteiger charge is -2.34. The molecule has 22 heavy (non-hydrogen) atoms. The molecule has 1 saturated heterocycles. The standard InChI is InChI=1S/C17H25N3O2/c18-16(19-11-17(12-21)6-8-22-9-7-17)20-15-5-4-13-2-1-3-14(13)10-15/h4-5,10,21H,1-3,6-9,11-12H2,(H3,18,19,20).